The molecule has 0 saturated carbocycles. The van der Waals surface area contributed by atoms with Gasteiger partial charge in [0, 0.05) is 4.47 Å². The van der Waals surface area contributed by atoms with Gasteiger partial charge in [-0.25, -0.2) is 4.79 Å². The monoisotopic (exact) mass is 326 g/mol. The summed E-state index contributed by atoms with van der Waals surface area (Å²) in [6.07, 6.45) is 3.89. The maximum absolute atomic E-state index is 12.1. The van der Waals surface area contributed by atoms with E-state index in [2.05, 4.69) is 15.9 Å². The maximum atomic E-state index is 12.1. The van der Waals surface area contributed by atoms with Crippen molar-refractivity contribution in [2.24, 2.45) is 0 Å². The van der Waals surface area contributed by atoms with Gasteiger partial charge in [-0.3, -0.25) is 0 Å². The minimum Gasteiger partial charge on any atom is -0.453 e. The molecule has 3 nitrogen and oxygen atoms in total. The summed E-state index contributed by atoms with van der Waals surface area (Å²) in [5.74, 6) is -0.239. The molecule has 1 aliphatic heterocycles. The Morgan fingerprint density at radius 3 is 2.68 bits per heavy atom. The van der Waals surface area contributed by atoms with Crippen molar-refractivity contribution in [1.82, 2.24) is 0 Å². The number of benzene rings is 1. The Balaban J connectivity index is 1.86. The first-order valence-corrected chi connectivity index (χ1v) is 7.75. The molecule has 1 aromatic rings. The molecular formula is C15H21BrNO2+. The van der Waals surface area contributed by atoms with Gasteiger partial charge in [-0.2, -0.15) is 0 Å². The summed E-state index contributed by atoms with van der Waals surface area (Å²) in [5, 5.41) is 0. The zero-order valence-corrected chi connectivity index (χ0v) is 12.9. The first-order chi connectivity index (χ1) is 9.16. The van der Waals surface area contributed by atoms with Crippen LogP contribution in [0.15, 0.2) is 28.7 Å². The summed E-state index contributed by atoms with van der Waals surface area (Å²) < 4.78 is 6.32. The van der Waals surface area contributed by atoms with E-state index < -0.39 is 0 Å². The van der Waals surface area contributed by atoms with Crippen molar-refractivity contribution >= 4 is 21.9 Å². The Morgan fingerprint density at radius 2 is 2.00 bits per heavy atom. The number of piperidine rings is 1. The standard InChI is InChI=1S/C15H20BrNO2/c1-12(11-17-9-5-2-6-10-17)19-15(18)13-7-3-4-8-14(13)16/h3-4,7-8,12H,2,5-6,9-11H2,1H3/p+1/t12-/m1/s1. The van der Waals surface area contributed by atoms with Crippen LogP contribution in [-0.2, 0) is 4.74 Å². The highest BCUT2D eigenvalue weighted by atomic mass is 79.9. The highest BCUT2D eigenvalue weighted by Crippen LogP contribution is 2.17. The Labute approximate surface area is 123 Å². The number of nitrogens with one attached hydrogen (secondary N) is 1. The molecule has 19 heavy (non-hydrogen) atoms. The van der Waals surface area contributed by atoms with Crippen molar-refractivity contribution in [2.75, 3.05) is 19.6 Å². The van der Waals surface area contributed by atoms with Crippen molar-refractivity contribution in [3.8, 4) is 0 Å². The van der Waals surface area contributed by atoms with Crippen LogP contribution in [0, 0.1) is 0 Å². The van der Waals surface area contributed by atoms with Gasteiger partial charge in [-0.1, -0.05) is 12.1 Å². The van der Waals surface area contributed by atoms with E-state index >= 15 is 0 Å². The fourth-order valence-electron chi connectivity index (χ4n) is 2.58. The zero-order valence-electron chi connectivity index (χ0n) is 11.3. The van der Waals surface area contributed by atoms with Crippen LogP contribution < -0.4 is 4.90 Å². The number of hydrogen-bond donors (Lipinski definition) is 1. The average Bonchev–Trinajstić information content (AvgIpc) is 2.40. The van der Waals surface area contributed by atoms with Gasteiger partial charge in [0.2, 0.25) is 0 Å². The van der Waals surface area contributed by atoms with Crippen LogP contribution in [-0.4, -0.2) is 31.7 Å². The van der Waals surface area contributed by atoms with E-state index in [0.29, 0.717) is 5.56 Å². The average molecular weight is 327 g/mol. The van der Waals surface area contributed by atoms with Crippen molar-refractivity contribution in [2.45, 2.75) is 32.3 Å². The van der Waals surface area contributed by atoms with E-state index in [1.54, 1.807) is 11.0 Å². The molecule has 0 aliphatic carbocycles. The Morgan fingerprint density at radius 1 is 1.32 bits per heavy atom. The molecule has 2 rings (SSSR count). The number of esters is 1. The Hall–Kier alpha value is -0.870. The number of halogens is 1. The van der Waals surface area contributed by atoms with Crippen molar-refractivity contribution < 1.29 is 14.4 Å². The van der Waals surface area contributed by atoms with E-state index in [1.165, 1.54) is 32.4 Å². The van der Waals surface area contributed by atoms with Crippen molar-refractivity contribution in [1.29, 1.82) is 0 Å². The Kier molecular flexibility index (Phi) is 5.40. The van der Waals surface area contributed by atoms with Crippen LogP contribution in [0.4, 0.5) is 0 Å². The predicted octanol–water partition coefficient (Wildman–Crippen LogP) is 2.06. The molecule has 1 atom stereocenters. The molecule has 1 heterocycles. The summed E-state index contributed by atoms with van der Waals surface area (Å²) in [4.78, 5) is 13.6. The number of ether oxygens (including phenoxy) is 1. The molecule has 104 valence electrons. The van der Waals surface area contributed by atoms with Crippen LogP contribution in [0.3, 0.4) is 0 Å². The molecule has 0 spiro atoms. The molecule has 1 saturated heterocycles. The minimum absolute atomic E-state index is 0.0345. The molecule has 1 fully saturated rings. The second-order valence-corrected chi connectivity index (χ2v) is 6.06. The molecule has 0 amide bonds. The summed E-state index contributed by atoms with van der Waals surface area (Å²) in [5.41, 5.74) is 0.600. The molecule has 1 aliphatic rings. The number of rotatable bonds is 4. The third-order valence-electron chi connectivity index (χ3n) is 3.54. The fraction of sp³-hybridized carbons (Fsp3) is 0.533. The predicted molar refractivity (Wildman–Crippen MR) is 78.4 cm³/mol. The highest BCUT2D eigenvalue weighted by Gasteiger charge is 2.20. The van der Waals surface area contributed by atoms with Crippen LogP contribution in [0.25, 0.3) is 0 Å². The Bertz CT molecular complexity index is 430. The third kappa shape index (κ3) is 4.32. The molecule has 0 aromatic heterocycles. The molecule has 1 N–H and O–H groups in total. The molecule has 0 unspecified atom stereocenters. The van der Waals surface area contributed by atoms with E-state index in [-0.39, 0.29) is 12.1 Å². The van der Waals surface area contributed by atoms with Gasteiger partial charge in [0.15, 0.2) is 0 Å². The maximum Gasteiger partial charge on any atom is 0.339 e. The van der Waals surface area contributed by atoms with Crippen molar-refractivity contribution in [3.63, 3.8) is 0 Å². The van der Waals surface area contributed by atoms with Gasteiger partial charge in [-0.05, 0) is 54.2 Å². The largest absolute Gasteiger partial charge is 0.453 e. The fourth-order valence-corrected chi connectivity index (χ4v) is 3.02. The van der Waals surface area contributed by atoms with Gasteiger partial charge in [-0.15, -0.1) is 0 Å². The number of hydrogen-bond acceptors (Lipinski definition) is 2. The van der Waals surface area contributed by atoms with Gasteiger partial charge in [0.05, 0.1) is 18.7 Å². The third-order valence-corrected chi connectivity index (χ3v) is 4.23. The second-order valence-electron chi connectivity index (χ2n) is 5.21. The van der Waals surface area contributed by atoms with Gasteiger partial charge < -0.3 is 9.64 Å². The molecule has 0 bridgehead atoms. The van der Waals surface area contributed by atoms with Crippen LogP contribution in [0.5, 0.6) is 0 Å². The lowest BCUT2D eigenvalue weighted by Gasteiger charge is -2.26. The van der Waals surface area contributed by atoms with Gasteiger partial charge in [0.1, 0.15) is 12.6 Å². The SMILES string of the molecule is C[C@H](C[NH+]1CCCCC1)OC(=O)c1ccccc1Br. The number of carbonyl (C=O) groups is 1. The van der Waals surface area contributed by atoms with Gasteiger partial charge in [0.25, 0.3) is 0 Å². The van der Waals surface area contributed by atoms with Gasteiger partial charge >= 0.3 is 5.97 Å². The summed E-state index contributed by atoms with van der Waals surface area (Å²) in [6.45, 7) is 5.31. The van der Waals surface area contributed by atoms with Crippen LogP contribution >= 0.6 is 15.9 Å². The zero-order chi connectivity index (χ0) is 13.7. The lowest BCUT2D eigenvalue weighted by molar-refractivity contribution is -0.907. The van der Waals surface area contributed by atoms with Crippen LogP contribution in [0.1, 0.15) is 36.5 Å². The summed E-state index contributed by atoms with van der Waals surface area (Å²) >= 11 is 3.38. The lowest BCUT2D eigenvalue weighted by Crippen LogP contribution is -3.13. The number of likely N-dealkylation sites (tertiary alicyclic amines) is 1. The molecule has 4 heteroatoms. The number of quaternary nitrogens is 1. The number of carbonyl (C=O) groups excluding carboxylic acids is 1. The van der Waals surface area contributed by atoms with Crippen molar-refractivity contribution in [3.05, 3.63) is 34.3 Å². The minimum atomic E-state index is -0.239. The highest BCUT2D eigenvalue weighted by molar-refractivity contribution is 9.10. The summed E-state index contributed by atoms with van der Waals surface area (Å²) in [7, 11) is 0. The smallest absolute Gasteiger partial charge is 0.339 e. The van der Waals surface area contributed by atoms with E-state index in [9.17, 15) is 4.79 Å². The molecule has 0 radical (unpaired) electrons. The van der Waals surface area contributed by atoms with E-state index in [0.717, 1.165) is 11.0 Å². The lowest BCUT2D eigenvalue weighted by atomic mass is 10.1. The second kappa shape index (κ2) is 7.06. The first-order valence-electron chi connectivity index (χ1n) is 6.96. The quantitative estimate of drug-likeness (QED) is 0.859. The topological polar surface area (TPSA) is 30.7 Å². The molecule has 1 aromatic carbocycles. The normalized spacial score (nSPS) is 18.0. The summed E-state index contributed by atoms with van der Waals surface area (Å²) in [6, 6.07) is 7.38. The van der Waals surface area contributed by atoms with E-state index in [4.69, 9.17) is 4.74 Å². The van der Waals surface area contributed by atoms with Crippen LogP contribution in [0.2, 0.25) is 0 Å². The molecular weight excluding hydrogens is 306 g/mol. The first kappa shape index (κ1) is 14.5. The van der Waals surface area contributed by atoms with E-state index in [1.807, 2.05) is 25.1 Å².